The van der Waals surface area contributed by atoms with Crippen molar-refractivity contribution in [3.05, 3.63) is 65.3 Å². The van der Waals surface area contributed by atoms with Gasteiger partial charge >= 0.3 is 12.0 Å². The molecule has 1 aliphatic heterocycles. The van der Waals surface area contributed by atoms with Crippen LogP contribution in [0, 0.1) is 0 Å². The number of hydrogen-bond donors (Lipinski definition) is 2. The van der Waals surface area contributed by atoms with Gasteiger partial charge in [-0.2, -0.15) is 0 Å². The van der Waals surface area contributed by atoms with Crippen LogP contribution in [0.2, 0.25) is 0 Å². The Morgan fingerprint density at radius 3 is 2.77 bits per heavy atom. The van der Waals surface area contributed by atoms with Gasteiger partial charge in [-0.25, -0.2) is 9.59 Å². The molecule has 9 heteroatoms. The van der Waals surface area contributed by atoms with Gasteiger partial charge in [-0.3, -0.25) is 9.69 Å². The molecule has 9 nitrogen and oxygen atoms in total. The van der Waals surface area contributed by atoms with Gasteiger partial charge < -0.3 is 24.3 Å². The molecule has 0 aliphatic carbocycles. The average Bonchev–Trinajstić information content (AvgIpc) is 3.32. The molecule has 1 aromatic heterocycles. The Balaban J connectivity index is 1.85. The maximum absolute atomic E-state index is 12.8. The number of carbonyl (C=O) groups excluding carboxylic acids is 3. The van der Waals surface area contributed by atoms with Crippen LogP contribution in [-0.4, -0.2) is 41.6 Å². The highest BCUT2D eigenvalue weighted by atomic mass is 16.5. The van der Waals surface area contributed by atoms with Crippen molar-refractivity contribution in [2.24, 2.45) is 0 Å². The molecular weight excluding hydrogens is 404 g/mol. The van der Waals surface area contributed by atoms with E-state index in [1.807, 2.05) is 0 Å². The third-order valence-electron chi connectivity index (χ3n) is 4.48. The predicted molar refractivity (Wildman–Crippen MR) is 110 cm³/mol. The van der Waals surface area contributed by atoms with Gasteiger partial charge in [0.1, 0.15) is 11.5 Å². The van der Waals surface area contributed by atoms with Gasteiger partial charge in [-0.1, -0.05) is 6.08 Å². The molecule has 2 N–H and O–H groups in total. The van der Waals surface area contributed by atoms with E-state index in [0.717, 1.165) is 4.90 Å². The number of phenols is 1. The largest absolute Gasteiger partial charge is 0.504 e. The molecular formula is C22H22N2O7. The Bertz CT molecular complexity index is 1070. The molecule has 162 valence electrons. The number of urea groups is 1. The maximum Gasteiger partial charge on any atom is 0.373 e. The molecule has 0 atom stereocenters. The lowest BCUT2D eigenvalue weighted by molar-refractivity contribution is -0.123. The highest BCUT2D eigenvalue weighted by Gasteiger charge is 2.34. The predicted octanol–water partition coefficient (Wildman–Crippen LogP) is 2.99. The number of benzene rings is 1. The molecule has 0 radical (unpaired) electrons. The molecule has 3 rings (SSSR count). The quantitative estimate of drug-likeness (QED) is 0.288. The molecule has 1 saturated heterocycles. The minimum atomic E-state index is -0.656. The summed E-state index contributed by atoms with van der Waals surface area (Å²) in [5, 5.41) is 12.8. The fourth-order valence-electron chi connectivity index (χ4n) is 3.06. The summed E-state index contributed by atoms with van der Waals surface area (Å²) in [6, 6.07) is 5.54. The van der Waals surface area contributed by atoms with Crippen molar-refractivity contribution in [1.82, 2.24) is 10.2 Å². The zero-order valence-corrected chi connectivity index (χ0v) is 17.1. The summed E-state index contributed by atoms with van der Waals surface area (Å²) < 4.78 is 15.4. The molecule has 1 fully saturated rings. The van der Waals surface area contributed by atoms with Crippen LogP contribution in [0.3, 0.4) is 0 Å². The van der Waals surface area contributed by atoms with E-state index in [-0.39, 0.29) is 35.3 Å². The van der Waals surface area contributed by atoms with Crippen LogP contribution in [0.5, 0.6) is 11.5 Å². The van der Waals surface area contributed by atoms with E-state index in [4.69, 9.17) is 9.15 Å². The highest BCUT2D eigenvalue weighted by molar-refractivity contribution is 6.13. The topological polar surface area (TPSA) is 118 Å². The van der Waals surface area contributed by atoms with Crippen LogP contribution in [0.25, 0.3) is 6.08 Å². The number of allylic oxidation sites excluding steroid dienone is 1. The number of ether oxygens (including phenoxy) is 2. The molecule has 2 heterocycles. The van der Waals surface area contributed by atoms with E-state index >= 15 is 0 Å². The van der Waals surface area contributed by atoms with Crippen molar-refractivity contribution in [3.8, 4) is 11.5 Å². The first-order valence-corrected chi connectivity index (χ1v) is 9.49. The molecule has 1 aliphatic rings. The summed E-state index contributed by atoms with van der Waals surface area (Å²) in [6.45, 7) is 5.66. The van der Waals surface area contributed by atoms with E-state index in [1.165, 1.54) is 25.3 Å². The van der Waals surface area contributed by atoms with Crippen molar-refractivity contribution < 1.29 is 33.4 Å². The summed E-state index contributed by atoms with van der Waals surface area (Å²) in [4.78, 5) is 37.5. The molecule has 2 aromatic rings. The number of nitrogens with zero attached hydrogens (tertiary/aromatic N) is 1. The van der Waals surface area contributed by atoms with Crippen molar-refractivity contribution in [2.45, 2.75) is 19.9 Å². The fraction of sp³-hybridized carbons (Fsp3) is 0.227. The second-order valence-electron chi connectivity index (χ2n) is 6.59. The Hall–Kier alpha value is -4.01. The molecule has 0 saturated carbocycles. The number of imide groups is 1. The lowest BCUT2D eigenvalue weighted by Gasteiger charge is -2.11. The number of rotatable bonds is 8. The normalized spacial score (nSPS) is 14.6. The fourth-order valence-corrected chi connectivity index (χ4v) is 3.06. The third-order valence-corrected chi connectivity index (χ3v) is 4.48. The van der Waals surface area contributed by atoms with Crippen molar-refractivity contribution in [1.29, 1.82) is 0 Å². The zero-order valence-electron chi connectivity index (χ0n) is 17.1. The highest BCUT2D eigenvalue weighted by Crippen LogP contribution is 2.33. The zero-order chi connectivity index (χ0) is 22.5. The number of furan rings is 1. The number of amides is 3. The van der Waals surface area contributed by atoms with Gasteiger partial charge in [0.2, 0.25) is 5.76 Å². The van der Waals surface area contributed by atoms with Gasteiger partial charge in [0.05, 0.1) is 20.3 Å². The van der Waals surface area contributed by atoms with Crippen LogP contribution in [0.15, 0.2) is 47.0 Å². The molecule has 31 heavy (non-hydrogen) atoms. The Morgan fingerprint density at radius 2 is 2.10 bits per heavy atom. The minimum Gasteiger partial charge on any atom is -0.504 e. The SMILES string of the molecule is C=CCc1cc(/C=C2\NC(=O)N(Cc3ccc(C(=O)OC)o3)C2=O)cc(OCC)c1O. The van der Waals surface area contributed by atoms with Crippen molar-refractivity contribution in [3.63, 3.8) is 0 Å². The van der Waals surface area contributed by atoms with Crippen molar-refractivity contribution in [2.75, 3.05) is 13.7 Å². The lowest BCUT2D eigenvalue weighted by atomic mass is 10.0. The smallest absolute Gasteiger partial charge is 0.373 e. The van der Waals surface area contributed by atoms with Gasteiger partial charge in [0.25, 0.3) is 5.91 Å². The number of methoxy groups -OCH3 is 1. The second kappa shape index (κ2) is 9.21. The first kappa shape index (κ1) is 21.7. The number of nitrogens with one attached hydrogen (secondary N) is 1. The van der Waals surface area contributed by atoms with Crippen molar-refractivity contribution >= 4 is 24.0 Å². The number of esters is 1. The second-order valence-corrected chi connectivity index (χ2v) is 6.59. The molecule has 3 amide bonds. The minimum absolute atomic E-state index is 0.00606. The number of phenolic OH excluding ortho intramolecular Hbond substituents is 1. The van der Waals surface area contributed by atoms with Crippen LogP contribution in [0.4, 0.5) is 4.79 Å². The number of hydrogen-bond acceptors (Lipinski definition) is 7. The van der Waals surface area contributed by atoms with Crippen LogP contribution in [-0.2, 0) is 22.5 Å². The first-order chi connectivity index (χ1) is 14.9. The van der Waals surface area contributed by atoms with Gasteiger partial charge in [0, 0.05) is 5.56 Å². The van der Waals surface area contributed by atoms with Gasteiger partial charge in [-0.15, -0.1) is 6.58 Å². The number of carbonyl (C=O) groups is 3. The van der Waals surface area contributed by atoms with Gasteiger partial charge in [-0.05, 0) is 49.2 Å². The summed E-state index contributed by atoms with van der Waals surface area (Å²) in [6.07, 6.45) is 3.53. The van der Waals surface area contributed by atoms with Crippen LogP contribution >= 0.6 is 0 Å². The molecule has 0 unspecified atom stereocenters. The molecule has 0 spiro atoms. The summed E-state index contributed by atoms with van der Waals surface area (Å²) in [5.74, 6) is -0.710. The van der Waals surface area contributed by atoms with E-state index in [9.17, 15) is 19.5 Å². The average molecular weight is 426 g/mol. The monoisotopic (exact) mass is 426 g/mol. The Kier molecular flexibility index (Phi) is 6.44. The summed E-state index contributed by atoms with van der Waals surface area (Å²) in [5.41, 5.74) is 1.20. The molecule has 0 bridgehead atoms. The van der Waals surface area contributed by atoms with E-state index in [0.29, 0.717) is 24.2 Å². The Labute approximate surface area is 178 Å². The lowest BCUT2D eigenvalue weighted by Crippen LogP contribution is -2.30. The maximum atomic E-state index is 12.8. The van der Waals surface area contributed by atoms with Gasteiger partial charge in [0.15, 0.2) is 11.5 Å². The van der Waals surface area contributed by atoms with Crippen LogP contribution < -0.4 is 10.1 Å². The van der Waals surface area contributed by atoms with E-state index < -0.39 is 17.9 Å². The standard InChI is InChI=1S/C22H22N2O7/c1-4-6-14-9-13(11-18(19(14)25)30-5-2)10-16-20(26)24(22(28)23-16)12-15-7-8-17(31-15)21(27)29-3/h4,7-11,25H,1,5-6,12H2,2-3H3,(H,23,28)/b16-10-. The molecule has 1 aromatic carbocycles. The summed E-state index contributed by atoms with van der Waals surface area (Å²) in [7, 11) is 1.22. The number of aromatic hydroxyl groups is 1. The van der Waals surface area contributed by atoms with E-state index in [1.54, 1.807) is 25.1 Å². The van der Waals surface area contributed by atoms with Crippen LogP contribution in [0.1, 0.15) is 34.4 Å². The van der Waals surface area contributed by atoms with E-state index in [2.05, 4.69) is 16.6 Å². The summed E-state index contributed by atoms with van der Waals surface area (Å²) >= 11 is 0. The first-order valence-electron chi connectivity index (χ1n) is 9.49. The third kappa shape index (κ3) is 4.61. The Morgan fingerprint density at radius 1 is 1.32 bits per heavy atom.